The number of aromatic nitrogens is 1. The molecule has 1 aromatic carbocycles. The van der Waals surface area contributed by atoms with Gasteiger partial charge in [-0.05, 0) is 56.1 Å². The van der Waals surface area contributed by atoms with Crippen LogP contribution in [-0.2, 0) is 0 Å². The van der Waals surface area contributed by atoms with Crippen molar-refractivity contribution in [3.63, 3.8) is 0 Å². The molecule has 1 aromatic heterocycles. The quantitative estimate of drug-likeness (QED) is 0.803. The Morgan fingerprint density at radius 1 is 1.38 bits per heavy atom. The molecule has 0 radical (unpaired) electrons. The highest BCUT2D eigenvalue weighted by Gasteiger charge is 2.16. The molecular weight excluding hydrogens is 326 g/mol. The number of thiazole rings is 1. The molecular formula is C14H16ClN3OS2. The number of piperidine rings is 1. The molecule has 2 N–H and O–H groups in total. The third-order valence-electron chi connectivity index (χ3n) is 3.17. The zero-order valence-corrected chi connectivity index (χ0v) is 13.7. The number of rotatable bonds is 5. The summed E-state index contributed by atoms with van der Waals surface area (Å²) in [4.78, 5) is 5.21. The van der Waals surface area contributed by atoms with Gasteiger partial charge in [-0.2, -0.15) is 0 Å². The van der Waals surface area contributed by atoms with Crippen molar-refractivity contribution in [2.75, 3.05) is 17.8 Å². The number of hydrogen-bond donors (Lipinski definition) is 2. The van der Waals surface area contributed by atoms with E-state index in [-0.39, 0.29) is 6.10 Å². The highest BCUT2D eigenvalue weighted by atomic mass is 35.5. The standard InChI is InChI=1S/C14H16ClN3OS2/c15-12-9-11(21-18-14-17-7-8-20-14)1-2-13(12)19-10-3-5-16-6-4-10/h1-2,7-10,16H,3-6H2,(H,17,18). The summed E-state index contributed by atoms with van der Waals surface area (Å²) in [5.74, 6) is 0.766. The monoisotopic (exact) mass is 341 g/mol. The molecule has 1 aliphatic rings. The lowest BCUT2D eigenvalue weighted by Crippen LogP contribution is -2.34. The van der Waals surface area contributed by atoms with E-state index in [1.54, 1.807) is 17.5 Å². The number of ether oxygens (including phenoxy) is 1. The minimum absolute atomic E-state index is 0.260. The van der Waals surface area contributed by atoms with Crippen molar-refractivity contribution < 1.29 is 4.74 Å². The van der Waals surface area contributed by atoms with Crippen LogP contribution in [0.3, 0.4) is 0 Å². The van der Waals surface area contributed by atoms with E-state index in [1.165, 1.54) is 11.9 Å². The largest absolute Gasteiger partial charge is 0.489 e. The van der Waals surface area contributed by atoms with Crippen molar-refractivity contribution in [3.8, 4) is 5.75 Å². The predicted octanol–water partition coefficient (Wildman–Crippen LogP) is 4.05. The average molecular weight is 342 g/mol. The Bertz CT molecular complexity index is 574. The van der Waals surface area contributed by atoms with E-state index >= 15 is 0 Å². The topological polar surface area (TPSA) is 46.2 Å². The number of anilines is 1. The zero-order valence-electron chi connectivity index (χ0n) is 11.3. The van der Waals surface area contributed by atoms with Crippen LogP contribution in [0.5, 0.6) is 5.75 Å². The normalized spacial score (nSPS) is 15.9. The summed E-state index contributed by atoms with van der Waals surface area (Å²) < 4.78 is 9.16. The molecule has 0 spiro atoms. The second-order valence-electron chi connectivity index (χ2n) is 4.70. The number of hydrogen-bond acceptors (Lipinski definition) is 6. The summed E-state index contributed by atoms with van der Waals surface area (Å²) in [5, 5.41) is 6.79. The van der Waals surface area contributed by atoms with Crippen LogP contribution in [0.15, 0.2) is 34.7 Å². The van der Waals surface area contributed by atoms with Crippen LogP contribution >= 0.6 is 34.9 Å². The molecule has 1 saturated heterocycles. The van der Waals surface area contributed by atoms with Crippen LogP contribution in [0, 0.1) is 0 Å². The van der Waals surface area contributed by atoms with Gasteiger partial charge in [0.05, 0.1) is 5.02 Å². The zero-order chi connectivity index (χ0) is 14.5. The van der Waals surface area contributed by atoms with Crippen molar-refractivity contribution in [2.24, 2.45) is 0 Å². The maximum atomic E-state index is 6.31. The fourth-order valence-electron chi connectivity index (χ4n) is 2.11. The molecule has 1 fully saturated rings. The fourth-order valence-corrected chi connectivity index (χ4v) is 3.66. The molecule has 0 bridgehead atoms. The van der Waals surface area contributed by atoms with Crippen LogP contribution in [-0.4, -0.2) is 24.2 Å². The predicted molar refractivity (Wildman–Crippen MR) is 89.6 cm³/mol. The molecule has 0 aliphatic carbocycles. The minimum atomic E-state index is 0.260. The number of nitrogens with zero attached hydrogens (tertiary/aromatic N) is 1. The maximum Gasteiger partial charge on any atom is 0.192 e. The molecule has 2 heterocycles. The fraction of sp³-hybridized carbons (Fsp3) is 0.357. The summed E-state index contributed by atoms with van der Waals surface area (Å²) in [7, 11) is 0. The smallest absolute Gasteiger partial charge is 0.192 e. The van der Waals surface area contributed by atoms with E-state index in [0.29, 0.717) is 5.02 Å². The maximum absolute atomic E-state index is 6.31. The molecule has 4 nitrogen and oxygen atoms in total. The number of nitrogens with one attached hydrogen (secondary N) is 2. The first-order valence-corrected chi connectivity index (χ1v) is 8.88. The van der Waals surface area contributed by atoms with Crippen molar-refractivity contribution in [3.05, 3.63) is 34.8 Å². The van der Waals surface area contributed by atoms with Gasteiger partial charge >= 0.3 is 0 Å². The van der Waals surface area contributed by atoms with Gasteiger partial charge in [0.1, 0.15) is 11.9 Å². The average Bonchev–Trinajstić information content (AvgIpc) is 3.02. The van der Waals surface area contributed by atoms with Crippen LogP contribution in [0.25, 0.3) is 0 Å². The van der Waals surface area contributed by atoms with Crippen molar-refractivity contribution in [1.82, 2.24) is 10.3 Å². The molecule has 3 rings (SSSR count). The Morgan fingerprint density at radius 3 is 2.95 bits per heavy atom. The Labute approximate surface area is 137 Å². The van der Waals surface area contributed by atoms with Gasteiger partial charge in [0.2, 0.25) is 0 Å². The third-order valence-corrected chi connectivity index (χ3v) is 5.07. The van der Waals surface area contributed by atoms with Crippen molar-refractivity contribution >= 4 is 40.0 Å². The lowest BCUT2D eigenvalue weighted by atomic mass is 10.1. The molecule has 0 atom stereocenters. The summed E-state index contributed by atoms with van der Waals surface area (Å²) in [6.07, 6.45) is 4.09. The van der Waals surface area contributed by atoms with Crippen LogP contribution in [0.1, 0.15) is 12.8 Å². The summed E-state index contributed by atoms with van der Waals surface area (Å²) in [6.45, 7) is 2.02. The molecule has 0 unspecified atom stereocenters. The second kappa shape index (κ2) is 7.35. The van der Waals surface area contributed by atoms with Crippen molar-refractivity contribution in [2.45, 2.75) is 23.8 Å². The summed E-state index contributed by atoms with van der Waals surface area (Å²) >= 11 is 9.38. The van der Waals surface area contributed by atoms with E-state index in [0.717, 1.165) is 41.7 Å². The summed E-state index contributed by atoms with van der Waals surface area (Å²) in [6, 6.07) is 5.87. The van der Waals surface area contributed by atoms with Gasteiger partial charge < -0.3 is 14.8 Å². The van der Waals surface area contributed by atoms with Gasteiger partial charge in [-0.25, -0.2) is 4.98 Å². The lowest BCUT2D eigenvalue weighted by molar-refractivity contribution is 0.162. The number of halogens is 1. The SMILES string of the molecule is Clc1cc(SNc2nccs2)ccc1OC1CCNCC1. The highest BCUT2D eigenvalue weighted by Crippen LogP contribution is 2.32. The Balaban J connectivity index is 1.59. The van der Waals surface area contributed by atoms with Crippen LogP contribution < -0.4 is 14.8 Å². The van der Waals surface area contributed by atoms with Crippen LogP contribution in [0.2, 0.25) is 5.02 Å². The highest BCUT2D eigenvalue weighted by molar-refractivity contribution is 8.00. The molecule has 1 aliphatic heterocycles. The van der Waals surface area contributed by atoms with E-state index in [2.05, 4.69) is 15.0 Å². The van der Waals surface area contributed by atoms with Gasteiger partial charge in [-0.3, -0.25) is 0 Å². The Kier molecular flexibility index (Phi) is 5.24. The van der Waals surface area contributed by atoms with Gasteiger partial charge in [0, 0.05) is 16.5 Å². The minimum Gasteiger partial charge on any atom is -0.489 e. The molecule has 7 heteroatoms. The Hall–Kier alpha value is -0.950. The molecule has 112 valence electrons. The first-order chi connectivity index (χ1) is 10.3. The van der Waals surface area contributed by atoms with E-state index in [9.17, 15) is 0 Å². The summed E-state index contributed by atoms with van der Waals surface area (Å²) in [5.41, 5.74) is 0. The van der Waals surface area contributed by atoms with Gasteiger partial charge in [0.15, 0.2) is 5.13 Å². The van der Waals surface area contributed by atoms with Gasteiger partial charge in [0.25, 0.3) is 0 Å². The van der Waals surface area contributed by atoms with E-state index in [1.807, 2.05) is 23.6 Å². The third kappa shape index (κ3) is 4.26. The number of benzene rings is 1. The van der Waals surface area contributed by atoms with Gasteiger partial charge in [-0.1, -0.05) is 11.6 Å². The second-order valence-corrected chi connectivity index (χ2v) is 6.88. The molecule has 0 amide bonds. The Morgan fingerprint density at radius 2 is 2.24 bits per heavy atom. The van der Waals surface area contributed by atoms with E-state index in [4.69, 9.17) is 16.3 Å². The molecule has 21 heavy (non-hydrogen) atoms. The van der Waals surface area contributed by atoms with E-state index < -0.39 is 0 Å². The molecule has 2 aromatic rings. The first kappa shape index (κ1) is 15.0. The van der Waals surface area contributed by atoms with Gasteiger partial charge in [-0.15, -0.1) is 11.3 Å². The first-order valence-electron chi connectivity index (χ1n) is 6.80. The molecule has 0 saturated carbocycles. The van der Waals surface area contributed by atoms with Crippen LogP contribution in [0.4, 0.5) is 5.13 Å². The van der Waals surface area contributed by atoms with Crippen molar-refractivity contribution in [1.29, 1.82) is 0 Å². The lowest BCUT2D eigenvalue weighted by Gasteiger charge is -2.24.